The summed E-state index contributed by atoms with van der Waals surface area (Å²) in [5.74, 6) is 0. The highest BCUT2D eigenvalue weighted by atomic mass is 35.5. The van der Waals surface area contributed by atoms with Gasteiger partial charge in [-0.1, -0.05) is 35.9 Å². The number of aldehydes is 1. The molecule has 0 spiro atoms. The maximum absolute atomic E-state index is 13.0. The lowest BCUT2D eigenvalue weighted by atomic mass is 10.1. The first kappa shape index (κ1) is 14.7. The molecule has 0 fully saturated rings. The third kappa shape index (κ3) is 1.98. The van der Waals surface area contributed by atoms with Gasteiger partial charge in [0.1, 0.15) is 11.2 Å². The van der Waals surface area contributed by atoms with Gasteiger partial charge in [-0.15, -0.1) is 0 Å². The summed E-state index contributed by atoms with van der Waals surface area (Å²) in [4.78, 5) is 24.6. The summed E-state index contributed by atoms with van der Waals surface area (Å²) in [6, 6.07) is 14.3. The highest BCUT2D eigenvalue weighted by Crippen LogP contribution is 2.29. The molecular formula is C18H12ClN3O2. The van der Waals surface area contributed by atoms with Crippen LogP contribution in [0.3, 0.4) is 0 Å². The first-order chi connectivity index (χ1) is 11.6. The van der Waals surface area contributed by atoms with Crippen LogP contribution in [0.15, 0.2) is 53.3 Å². The van der Waals surface area contributed by atoms with Gasteiger partial charge in [0, 0.05) is 22.8 Å². The van der Waals surface area contributed by atoms with Gasteiger partial charge in [-0.05, 0) is 24.3 Å². The Balaban J connectivity index is 2.23. The van der Waals surface area contributed by atoms with E-state index >= 15 is 0 Å². The fraction of sp³-hybridized carbons (Fsp3) is 0.0556. The average molecular weight is 338 g/mol. The van der Waals surface area contributed by atoms with Crippen LogP contribution < -0.4 is 5.56 Å². The van der Waals surface area contributed by atoms with Crippen LogP contribution in [0.5, 0.6) is 0 Å². The zero-order chi connectivity index (χ0) is 16.8. The lowest BCUT2D eigenvalue weighted by Gasteiger charge is -2.07. The normalized spacial score (nSPS) is 11.2. The van der Waals surface area contributed by atoms with Gasteiger partial charge in [0.25, 0.3) is 5.56 Å². The average Bonchev–Trinajstić information content (AvgIpc) is 2.89. The summed E-state index contributed by atoms with van der Waals surface area (Å²) in [5.41, 5.74) is 1.76. The minimum absolute atomic E-state index is 0.223. The van der Waals surface area contributed by atoms with E-state index in [0.29, 0.717) is 27.9 Å². The molecule has 0 saturated carbocycles. The van der Waals surface area contributed by atoms with Crippen molar-refractivity contribution in [2.24, 2.45) is 7.05 Å². The van der Waals surface area contributed by atoms with Gasteiger partial charge in [-0.3, -0.25) is 9.59 Å². The molecule has 4 rings (SSSR count). The van der Waals surface area contributed by atoms with Crippen molar-refractivity contribution in [2.75, 3.05) is 0 Å². The van der Waals surface area contributed by atoms with Crippen LogP contribution in [0, 0.1) is 0 Å². The van der Waals surface area contributed by atoms with Gasteiger partial charge < -0.3 is 4.57 Å². The van der Waals surface area contributed by atoms with E-state index in [1.54, 1.807) is 41.9 Å². The molecule has 0 aliphatic rings. The van der Waals surface area contributed by atoms with Crippen LogP contribution >= 0.6 is 11.6 Å². The Hall–Kier alpha value is -2.92. The van der Waals surface area contributed by atoms with E-state index in [1.165, 1.54) is 4.68 Å². The van der Waals surface area contributed by atoms with E-state index in [1.807, 2.05) is 18.2 Å². The maximum Gasteiger partial charge on any atom is 0.296 e. The van der Waals surface area contributed by atoms with Gasteiger partial charge in [-0.25, -0.2) is 0 Å². The molecule has 2 aromatic heterocycles. The standard InChI is InChI=1S/C18H12ClN3O2/c1-21-15-9-11(19)7-8-13(15)16-14(10-23)20-22(18(24)17(16)21)12-5-3-2-4-6-12/h2-10H,1H3. The molecule has 0 amide bonds. The molecule has 0 bridgehead atoms. The SMILES string of the molecule is Cn1c2cc(Cl)ccc2c2c(C=O)nn(-c3ccccc3)c(=O)c21. The first-order valence-electron chi connectivity index (χ1n) is 7.33. The lowest BCUT2D eigenvalue weighted by Crippen LogP contribution is -2.24. The number of hydrogen-bond acceptors (Lipinski definition) is 3. The number of hydrogen-bond donors (Lipinski definition) is 0. The van der Waals surface area contributed by atoms with Crippen molar-refractivity contribution in [3.8, 4) is 5.69 Å². The minimum atomic E-state index is -0.281. The quantitative estimate of drug-likeness (QED) is 0.527. The number of halogens is 1. The Labute approximate surface area is 141 Å². The number of aromatic nitrogens is 3. The molecule has 24 heavy (non-hydrogen) atoms. The molecule has 0 radical (unpaired) electrons. The molecule has 4 aromatic rings. The van der Waals surface area contributed by atoms with E-state index in [4.69, 9.17) is 11.6 Å². The van der Waals surface area contributed by atoms with Gasteiger partial charge in [0.05, 0.1) is 11.2 Å². The lowest BCUT2D eigenvalue weighted by molar-refractivity contribution is 0.111. The van der Waals surface area contributed by atoms with Crippen LogP contribution in [0.2, 0.25) is 5.02 Å². The van der Waals surface area contributed by atoms with Gasteiger partial charge >= 0.3 is 0 Å². The molecule has 6 heteroatoms. The zero-order valence-electron chi connectivity index (χ0n) is 12.7. The molecule has 118 valence electrons. The summed E-state index contributed by atoms with van der Waals surface area (Å²) < 4.78 is 3.01. The maximum atomic E-state index is 13.0. The predicted molar refractivity (Wildman–Crippen MR) is 94.2 cm³/mol. The minimum Gasteiger partial charge on any atom is -0.339 e. The van der Waals surface area contributed by atoms with E-state index in [2.05, 4.69) is 5.10 Å². The molecule has 0 saturated heterocycles. The molecule has 0 N–H and O–H groups in total. The van der Waals surface area contributed by atoms with Gasteiger partial charge in [0.15, 0.2) is 6.29 Å². The first-order valence-corrected chi connectivity index (χ1v) is 7.71. The van der Waals surface area contributed by atoms with Gasteiger partial charge in [0.2, 0.25) is 0 Å². The fourth-order valence-corrected chi connectivity index (χ4v) is 3.22. The Kier molecular flexibility index (Phi) is 3.25. The number of rotatable bonds is 2. The topological polar surface area (TPSA) is 56.9 Å². The summed E-state index contributed by atoms with van der Waals surface area (Å²) in [6.07, 6.45) is 0.676. The monoisotopic (exact) mass is 337 g/mol. The third-order valence-corrected chi connectivity index (χ3v) is 4.37. The number of carbonyl (C=O) groups is 1. The Morgan fingerprint density at radius 3 is 2.58 bits per heavy atom. The predicted octanol–water partition coefficient (Wildman–Crippen LogP) is 3.34. The van der Waals surface area contributed by atoms with Crippen molar-refractivity contribution in [2.45, 2.75) is 0 Å². The Morgan fingerprint density at radius 1 is 1.12 bits per heavy atom. The second-order valence-corrected chi connectivity index (χ2v) is 5.94. The van der Waals surface area contributed by atoms with E-state index in [-0.39, 0.29) is 11.3 Å². The Morgan fingerprint density at radius 2 is 1.88 bits per heavy atom. The molecular weight excluding hydrogens is 326 g/mol. The summed E-state index contributed by atoms with van der Waals surface area (Å²) in [6.45, 7) is 0. The van der Waals surface area contributed by atoms with E-state index in [9.17, 15) is 9.59 Å². The number of nitrogens with zero attached hydrogens (tertiary/aromatic N) is 3. The van der Waals surface area contributed by atoms with Crippen molar-refractivity contribution in [3.63, 3.8) is 0 Å². The van der Waals surface area contributed by atoms with Crippen molar-refractivity contribution in [3.05, 3.63) is 69.6 Å². The number of fused-ring (bicyclic) bond motifs is 3. The summed E-state index contributed by atoms with van der Waals surface area (Å²) >= 11 is 6.08. The molecule has 2 heterocycles. The molecule has 0 aliphatic carbocycles. The molecule has 0 unspecified atom stereocenters. The van der Waals surface area contributed by atoms with Crippen LogP contribution in [-0.4, -0.2) is 20.6 Å². The van der Waals surface area contributed by atoms with Crippen LogP contribution in [0.1, 0.15) is 10.5 Å². The highest BCUT2D eigenvalue weighted by molar-refractivity contribution is 6.31. The van der Waals surface area contributed by atoms with Crippen molar-refractivity contribution >= 4 is 39.7 Å². The molecule has 0 aliphatic heterocycles. The summed E-state index contributed by atoms with van der Waals surface area (Å²) in [7, 11) is 1.78. The highest BCUT2D eigenvalue weighted by Gasteiger charge is 2.19. The number of aryl methyl sites for hydroxylation is 1. The number of para-hydroxylation sites is 1. The van der Waals surface area contributed by atoms with Crippen LogP contribution in [0.4, 0.5) is 0 Å². The molecule has 2 aromatic carbocycles. The largest absolute Gasteiger partial charge is 0.339 e. The number of carbonyl (C=O) groups excluding carboxylic acids is 1. The molecule has 5 nitrogen and oxygen atoms in total. The van der Waals surface area contributed by atoms with Gasteiger partial charge in [-0.2, -0.15) is 9.78 Å². The van der Waals surface area contributed by atoms with Crippen LogP contribution in [0.25, 0.3) is 27.5 Å². The fourth-order valence-electron chi connectivity index (χ4n) is 3.05. The van der Waals surface area contributed by atoms with Crippen LogP contribution in [-0.2, 0) is 7.05 Å². The third-order valence-electron chi connectivity index (χ3n) is 4.13. The Bertz CT molecular complexity index is 1160. The summed E-state index contributed by atoms with van der Waals surface area (Å²) in [5, 5.41) is 6.17. The van der Waals surface area contributed by atoms with Crippen molar-refractivity contribution in [1.29, 1.82) is 0 Å². The second-order valence-electron chi connectivity index (χ2n) is 5.50. The van der Waals surface area contributed by atoms with Crippen molar-refractivity contribution in [1.82, 2.24) is 14.3 Å². The van der Waals surface area contributed by atoms with E-state index < -0.39 is 0 Å². The smallest absolute Gasteiger partial charge is 0.296 e. The number of benzene rings is 2. The van der Waals surface area contributed by atoms with E-state index in [0.717, 1.165) is 10.9 Å². The van der Waals surface area contributed by atoms with Crippen molar-refractivity contribution < 1.29 is 4.79 Å². The zero-order valence-corrected chi connectivity index (χ0v) is 13.5. The second kappa shape index (κ2) is 5.32. The molecule has 0 atom stereocenters.